The normalized spacial score (nSPS) is 14.3. The maximum absolute atomic E-state index is 12.3. The molecule has 0 atom stereocenters. The molecule has 1 N–H and O–H groups in total. The van der Waals surface area contributed by atoms with Gasteiger partial charge in [-0.1, -0.05) is 12.1 Å². The van der Waals surface area contributed by atoms with Gasteiger partial charge in [0.15, 0.2) is 0 Å². The zero-order valence-corrected chi connectivity index (χ0v) is 14.2. The van der Waals surface area contributed by atoms with Gasteiger partial charge in [0.05, 0.1) is 7.11 Å². The van der Waals surface area contributed by atoms with E-state index in [1.165, 1.54) is 7.11 Å². The van der Waals surface area contributed by atoms with Crippen LogP contribution in [0.15, 0.2) is 42.6 Å². The number of ether oxygens (including phenoxy) is 1. The molecule has 0 aliphatic carbocycles. The van der Waals surface area contributed by atoms with Crippen molar-refractivity contribution in [3.8, 4) is 5.88 Å². The van der Waals surface area contributed by atoms with E-state index >= 15 is 0 Å². The highest BCUT2D eigenvalue weighted by Gasteiger charge is 2.19. The maximum Gasteiger partial charge on any atom is 0.257 e. The van der Waals surface area contributed by atoms with Gasteiger partial charge in [0.25, 0.3) is 5.91 Å². The molecule has 1 aromatic heterocycles. The summed E-state index contributed by atoms with van der Waals surface area (Å²) in [5.41, 5.74) is 2.22. The first-order chi connectivity index (χ1) is 12.2. The number of methoxy groups -OCH3 is 1. The average molecular weight is 339 g/mol. The molecular weight excluding hydrogens is 318 g/mol. The molecule has 2 aromatic rings. The Hall–Kier alpha value is -2.89. The highest BCUT2D eigenvalue weighted by atomic mass is 16.5. The summed E-state index contributed by atoms with van der Waals surface area (Å²) in [6.07, 6.45) is 4.15. The van der Waals surface area contributed by atoms with E-state index in [2.05, 4.69) is 10.3 Å². The van der Waals surface area contributed by atoms with Crippen LogP contribution in [0.4, 0.5) is 5.69 Å². The molecule has 0 unspecified atom stereocenters. The SMILES string of the molecule is COc1ncccc1C(=O)NCc1cccc(N2CCCCC2=O)c1. The van der Waals surface area contributed by atoms with Gasteiger partial charge >= 0.3 is 0 Å². The van der Waals surface area contributed by atoms with Crippen molar-refractivity contribution in [3.63, 3.8) is 0 Å². The fourth-order valence-electron chi connectivity index (χ4n) is 2.92. The topological polar surface area (TPSA) is 71.5 Å². The van der Waals surface area contributed by atoms with Crippen molar-refractivity contribution in [2.75, 3.05) is 18.6 Å². The highest BCUT2D eigenvalue weighted by Crippen LogP contribution is 2.22. The zero-order valence-electron chi connectivity index (χ0n) is 14.2. The predicted molar refractivity (Wildman–Crippen MR) is 94.6 cm³/mol. The van der Waals surface area contributed by atoms with Crippen LogP contribution >= 0.6 is 0 Å². The van der Waals surface area contributed by atoms with Crippen molar-refractivity contribution in [2.45, 2.75) is 25.8 Å². The van der Waals surface area contributed by atoms with Crippen molar-refractivity contribution in [3.05, 3.63) is 53.7 Å². The Kier molecular flexibility index (Phi) is 5.28. The molecule has 0 radical (unpaired) electrons. The Morgan fingerprint density at radius 2 is 2.16 bits per heavy atom. The van der Waals surface area contributed by atoms with Crippen LogP contribution in [-0.2, 0) is 11.3 Å². The van der Waals surface area contributed by atoms with Crippen LogP contribution in [0.2, 0.25) is 0 Å². The van der Waals surface area contributed by atoms with E-state index in [0.29, 0.717) is 24.4 Å². The minimum absolute atomic E-state index is 0.160. The summed E-state index contributed by atoms with van der Waals surface area (Å²) < 4.78 is 5.11. The number of amides is 2. The van der Waals surface area contributed by atoms with Gasteiger partial charge in [-0.2, -0.15) is 0 Å². The average Bonchev–Trinajstić information content (AvgIpc) is 2.66. The molecule has 1 aromatic carbocycles. The maximum atomic E-state index is 12.3. The predicted octanol–water partition coefficient (Wildman–Crippen LogP) is 2.54. The highest BCUT2D eigenvalue weighted by molar-refractivity contribution is 5.96. The molecule has 1 aliphatic heterocycles. The van der Waals surface area contributed by atoms with Gasteiger partial charge in [0.2, 0.25) is 11.8 Å². The van der Waals surface area contributed by atoms with E-state index in [1.807, 2.05) is 29.2 Å². The molecule has 6 heteroatoms. The van der Waals surface area contributed by atoms with E-state index in [1.54, 1.807) is 18.3 Å². The molecule has 1 saturated heterocycles. The summed E-state index contributed by atoms with van der Waals surface area (Å²) in [6, 6.07) is 11.1. The van der Waals surface area contributed by atoms with Gasteiger partial charge in [0, 0.05) is 31.4 Å². The van der Waals surface area contributed by atoms with Gasteiger partial charge in [-0.15, -0.1) is 0 Å². The number of carbonyl (C=O) groups is 2. The summed E-state index contributed by atoms with van der Waals surface area (Å²) in [7, 11) is 1.48. The largest absolute Gasteiger partial charge is 0.480 e. The molecule has 3 rings (SSSR count). The molecule has 25 heavy (non-hydrogen) atoms. The number of aromatic nitrogens is 1. The lowest BCUT2D eigenvalue weighted by molar-refractivity contribution is -0.119. The van der Waals surface area contributed by atoms with Gasteiger partial charge in [-0.25, -0.2) is 4.98 Å². The molecule has 130 valence electrons. The Morgan fingerprint density at radius 3 is 2.96 bits per heavy atom. The number of nitrogens with one attached hydrogen (secondary N) is 1. The molecule has 6 nitrogen and oxygen atoms in total. The lowest BCUT2D eigenvalue weighted by Gasteiger charge is -2.27. The Bertz CT molecular complexity index is 776. The molecule has 2 heterocycles. The van der Waals surface area contributed by atoms with Gasteiger partial charge in [-0.05, 0) is 42.7 Å². The summed E-state index contributed by atoms with van der Waals surface area (Å²) in [6.45, 7) is 1.12. The van der Waals surface area contributed by atoms with E-state index in [4.69, 9.17) is 4.74 Å². The van der Waals surface area contributed by atoms with Gasteiger partial charge in [-0.3, -0.25) is 9.59 Å². The third kappa shape index (κ3) is 3.96. The summed E-state index contributed by atoms with van der Waals surface area (Å²) >= 11 is 0. The first-order valence-electron chi connectivity index (χ1n) is 8.35. The number of hydrogen-bond acceptors (Lipinski definition) is 4. The number of carbonyl (C=O) groups excluding carboxylic acids is 2. The van der Waals surface area contributed by atoms with Gasteiger partial charge < -0.3 is 15.0 Å². The molecule has 0 saturated carbocycles. The number of rotatable bonds is 5. The molecule has 1 aliphatic rings. The zero-order chi connectivity index (χ0) is 17.6. The number of anilines is 1. The molecule has 1 fully saturated rings. The van der Waals surface area contributed by atoms with Crippen molar-refractivity contribution >= 4 is 17.5 Å². The standard InChI is InChI=1S/C19H21N3O3/c1-25-19-16(8-5-10-20-19)18(24)21-13-14-6-4-7-15(12-14)22-11-3-2-9-17(22)23/h4-8,10,12H,2-3,9,11,13H2,1H3,(H,21,24). The van der Waals surface area contributed by atoms with Crippen LogP contribution < -0.4 is 15.0 Å². The van der Waals surface area contributed by atoms with Crippen molar-refractivity contribution in [2.24, 2.45) is 0 Å². The number of pyridine rings is 1. The first-order valence-corrected chi connectivity index (χ1v) is 8.35. The Balaban J connectivity index is 1.68. The van der Waals surface area contributed by atoms with Crippen LogP contribution in [0.5, 0.6) is 5.88 Å². The van der Waals surface area contributed by atoms with E-state index in [-0.39, 0.29) is 11.8 Å². The van der Waals surface area contributed by atoms with E-state index in [9.17, 15) is 9.59 Å². The minimum atomic E-state index is -0.246. The second-order valence-electron chi connectivity index (χ2n) is 5.92. The van der Waals surface area contributed by atoms with Gasteiger partial charge in [0.1, 0.15) is 5.56 Å². The van der Waals surface area contributed by atoms with Crippen LogP contribution in [0.1, 0.15) is 35.2 Å². The Labute approximate surface area is 146 Å². The molecule has 2 amide bonds. The van der Waals surface area contributed by atoms with E-state index < -0.39 is 0 Å². The third-order valence-corrected chi connectivity index (χ3v) is 4.21. The second kappa shape index (κ2) is 7.79. The minimum Gasteiger partial charge on any atom is -0.480 e. The monoisotopic (exact) mass is 339 g/mol. The molecular formula is C19H21N3O3. The smallest absolute Gasteiger partial charge is 0.257 e. The van der Waals surface area contributed by atoms with Crippen molar-refractivity contribution < 1.29 is 14.3 Å². The first kappa shape index (κ1) is 17.0. The third-order valence-electron chi connectivity index (χ3n) is 4.21. The van der Waals surface area contributed by atoms with E-state index in [0.717, 1.165) is 30.6 Å². The summed E-state index contributed by atoms with van der Waals surface area (Å²) in [5, 5.41) is 2.87. The lowest BCUT2D eigenvalue weighted by Crippen LogP contribution is -2.35. The number of nitrogens with zero attached hydrogens (tertiary/aromatic N) is 2. The lowest BCUT2D eigenvalue weighted by atomic mass is 10.1. The summed E-state index contributed by atoms with van der Waals surface area (Å²) in [5.74, 6) is 0.213. The summed E-state index contributed by atoms with van der Waals surface area (Å²) in [4.78, 5) is 30.3. The van der Waals surface area contributed by atoms with Crippen LogP contribution in [0, 0.1) is 0 Å². The molecule has 0 spiro atoms. The fourth-order valence-corrected chi connectivity index (χ4v) is 2.92. The number of hydrogen-bond donors (Lipinski definition) is 1. The van der Waals surface area contributed by atoms with Crippen LogP contribution in [0.25, 0.3) is 0 Å². The van der Waals surface area contributed by atoms with Crippen molar-refractivity contribution in [1.82, 2.24) is 10.3 Å². The number of benzene rings is 1. The quantitative estimate of drug-likeness (QED) is 0.909. The second-order valence-corrected chi connectivity index (χ2v) is 5.92. The fraction of sp³-hybridized carbons (Fsp3) is 0.316. The van der Waals surface area contributed by atoms with Crippen LogP contribution in [-0.4, -0.2) is 30.5 Å². The number of piperidine rings is 1. The Morgan fingerprint density at radius 1 is 1.28 bits per heavy atom. The van der Waals surface area contributed by atoms with Crippen LogP contribution in [0.3, 0.4) is 0 Å². The molecule has 0 bridgehead atoms. The van der Waals surface area contributed by atoms with Crippen molar-refractivity contribution in [1.29, 1.82) is 0 Å².